The quantitative estimate of drug-likeness (QED) is 0.336. The smallest absolute Gasteiger partial charge is 0.329 e. The van der Waals surface area contributed by atoms with Gasteiger partial charge in [-0.25, -0.2) is 5.43 Å². The molecule has 0 heterocycles. The summed E-state index contributed by atoms with van der Waals surface area (Å²) in [6.45, 7) is 2.92. The van der Waals surface area contributed by atoms with Crippen LogP contribution in [0.4, 0.5) is 0 Å². The molecule has 0 aliphatic carbocycles. The molecule has 0 aromatic heterocycles. The molecule has 3 aromatic rings. The van der Waals surface area contributed by atoms with Gasteiger partial charge < -0.3 is 10.1 Å². The van der Waals surface area contributed by atoms with Gasteiger partial charge in [0.15, 0.2) is 0 Å². The maximum Gasteiger partial charge on any atom is 0.329 e. The van der Waals surface area contributed by atoms with Crippen molar-refractivity contribution < 1.29 is 14.3 Å². The van der Waals surface area contributed by atoms with Gasteiger partial charge in [0.2, 0.25) is 0 Å². The first kappa shape index (κ1) is 21.8. The summed E-state index contributed by atoms with van der Waals surface area (Å²) in [5.41, 5.74) is 6.40. The molecule has 0 bridgehead atoms. The molecule has 31 heavy (non-hydrogen) atoms. The Hall–Kier alpha value is -3.93. The van der Waals surface area contributed by atoms with Crippen LogP contribution in [0.2, 0.25) is 0 Å². The van der Waals surface area contributed by atoms with E-state index in [4.69, 9.17) is 4.74 Å². The highest BCUT2D eigenvalue weighted by atomic mass is 16.5. The molecule has 0 aliphatic rings. The van der Waals surface area contributed by atoms with Crippen LogP contribution in [0.1, 0.15) is 22.3 Å². The van der Waals surface area contributed by atoms with Gasteiger partial charge in [0.05, 0.1) is 6.21 Å². The Morgan fingerprint density at radius 2 is 1.58 bits per heavy atom. The van der Waals surface area contributed by atoms with E-state index >= 15 is 0 Å². The first-order valence-electron chi connectivity index (χ1n) is 10.0. The molecule has 2 N–H and O–H groups in total. The summed E-state index contributed by atoms with van der Waals surface area (Å²) in [5.74, 6) is -0.783. The fourth-order valence-corrected chi connectivity index (χ4v) is 2.76. The van der Waals surface area contributed by atoms with E-state index in [-0.39, 0.29) is 0 Å². The van der Waals surface area contributed by atoms with Gasteiger partial charge in [-0.2, -0.15) is 5.10 Å². The van der Waals surface area contributed by atoms with E-state index in [0.717, 1.165) is 22.4 Å². The Morgan fingerprint density at radius 1 is 0.871 bits per heavy atom. The number of ether oxygens (including phenoxy) is 1. The minimum atomic E-state index is -0.803. The molecule has 3 rings (SSSR count). The van der Waals surface area contributed by atoms with Crippen molar-refractivity contribution in [2.45, 2.75) is 20.0 Å². The summed E-state index contributed by atoms with van der Waals surface area (Å²) in [4.78, 5) is 23.6. The van der Waals surface area contributed by atoms with Gasteiger partial charge >= 0.3 is 11.8 Å². The second kappa shape index (κ2) is 11.3. The van der Waals surface area contributed by atoms with Crippen molar-refractivity contribution in [3.63, 3.8) is 0 Å². The first-order valence-corrected chi connectivity index (χ1v) is 10.0. The highest BCUT2D eigenvalue weighted by Crippen LogP contribution is 2.14. The van der Waals surface area contributed by atoms with E-state index < -0.39 is 11.8 Å². The summed E-state index contributed by atoms with van der Waals surface area (Å²) >= 11 is 0. The number of hydrogen-bond acceptors (Lipinski definition) is 4. The molecule has 0 saturated carbocycles. The third kappa shape index (κ3) is 7.44. The summed E-state index contributed by atoms with van der Waals surface area (Å²) in [6.07, 6.45) is 2.13. The number of amides is 2. The number of aryl methyl sites for hydroxylation is 1. The summed E-state index contributed by atoms with van der Waals surface area (Å²) in [5, 5.41) is 6.41. The molecule has 0 aliphatic heterocycles. The molecule has 0 radical (unpaired) electrons. The molecular weight excluding hydrogens is 390 g/mol. The van der Waals surface area contributed by atoms with E-state index in [2.05, 4.69) is 28.0 Å². The first-order chi connectivity index (χ1) is 15.1. The van der Waals surface area contributed by atoms with Gasteiger partial charge in [-0.1, -0.05) is 60.2 Å². The second-order valence-electron chi connectivity index (χ2n) is 7.03. The monoisotopic (exact) mass is 415 g/mol. The Balaban J connectivity index is 1.38. The molecule has 158 valence electrons. The molecule has 6 nitrogen and oxygen atoms in total. The number of carbonyl (C=O) groups is 2. The summed E-state index contributed by atoms with van der Waals surface area (Å²) in [6, 6.07) is 25.2. The third-order valence-electron chi connectivity index (χ3n) is 4.53. The van der Waals surface area contributed by atoms with Crippen LogP contribution >= 0.6 is 0 Å². The van der Waals surface area contributed by atoms with Gasteiger partial charge in [-0.3, -0.25) is 9.59 Å². The topological polar surface area (TPSA) is 79.8 Å². The molecule has 0 atom stereocenters. The van der Waals surface area contributed by atoms with E-state index in [9.17, 15) is 9.59 Å². The van der Waals surface area contributed by atoms with Crippen LogP contribution in [0.5, 0.6) is 5.75 Å². The lowest BCUT2D eigenvalue weighted by molar-refractivity contribution is -0.139. The van der Waals surface area contributed by atoms with Crippen LogP contribution in [0, 0.1) is 6.92 Å². The van der Waals surface area contributed by atoms with Gasteiger partial charge in [-0.05, 0) is 54.3 Å². The molecule has 6 heteroatoms. The number of hydrogen-bond donors (Lipinski definition) is 2. The lowest BCUT2D eigenvalue weighted by Crippen LogP contribution is -2.38. The Morgan fingerprint density at radius 3 is 2.29 bits per heavy atom. The number of carbonyl (C=O) groups excluding carboxylic acids is 2. The second-order valence-corrected chi connectivity index (χ2v) is 7.03. The highest BCUT2D eigenvalue weighted by Gasteiger charge is 2.11. The normalized spacial score (nSPS) is 10.6. The van der Waals surface area contributed by atoms with E-state index in [1.54, 1.807) is 0 Å². The van der Waals surface area contributed by atoms with Crippen molar-refractivity contribution >= 4 is 18.0 Å². The summed E-state index contributed by atoms with van der Waals surface area (Å²) in [7, 11) is 0. The standard InChI is InChI=1S/C25H25N3O3/c1-19-7-9-22(10-8-19)18-31-23-13-11-21(12-14-23)17-27-28-25(30)24(29)26-16-15-20-5-3-2-4-6-20/h2-14,17H,15-16,18H2,1H3,(H,26,29)(H,28,30)/b27-17-. The van der Waals surface area contributed by atoms with E-state index in [0.29, 0.717) is 19.6 Å². The average Bonchev–Trinajstić information content (AvgIpc) is 2.80. The fraction of sp³-hybridized carbons (Fsp3) is 0.160. The van der Waals surface area contributed by atoms with Gasteiger partial charge in [-0.15, -0.1) is 0 Å². The lowest BCUT2D eigenvalue weighted by atomic mass is 10.1. The van der Waals surface area contributed by atoms with Crippen molar-refractivity contribution in [3.8, 4) is 5.75 Å². The number of nitrogens with zero attached hydrogens (tertiary/aromatic N) is 1. The zero-order chi connectivity index (χ0) is 21.9. The Labute approximate surface area is 182 Å². The molecule has 0 saturated heterocycles. The Bertz CT molecular complexity index is 1010. The van der Waals surface area contributed by atoms with Crippen LogP contribution in [-0.4, -0.2) is 24.6 Å². The molecule has 0 unspecified atom stereocenters. The van der Waals surface area contributed by atoms with Crippen LogP contribution in [-0.2, 0) is 22.6 Å². The number of nitrogens with one attached hydrogen (secondary N) is 2. The van der Waals surface area contributed by atoms with Crippen molar-refractivity contribution in [3.05, 3.63) is 101 Å². The molecule has 0 spiro atoms. The van der Waals surface area contributed by atoms with Crippen LogP contribution in [0.15, 0.2) is 84.0 Å². The largest absolute Gasteiger partial charge is 0.489 e. The van der Waals surface area contributed by atoms with Crippen LogP contribution in [0.25, 0.3) is 0 Å². The highest BCUT2D eigenvalue weighted by molar-refractivity contribution is 6.35. The average molecular weight is 415 g/mol. The zero-order valence-corrected chi connectivity index (χ0v) is 17.4. The number of rotatable bonds is 8. The predicted molar refractivity (Wildman–Crippen MR) is 121 cm³/mol. The Kier molecular flexibility index (Phi) is 7.94. The van der Waals surface area contributed by atoms with Gasteiger partial charge in [0.25, 0.3) is 0 Å². The van der Waals surface area contributed by atoms with E-state index in [1.165, 1.54) is 11.8 Å². The summed E-state index contributed by atoms with van der Waals surface area (Å²) < 4.78 is 5.76. The third-order valence-corrected chi connectivity index (χ3v) is 4.53. The molecule has 3 aromatic carbocycles. The lowest BCUT2D eigenvalue weighted by Gasteiger charge is -2.07. The van der Waals surface area contributed by atoms with Crippen molar-refractivity contribution in [2.75, 3.05) is 6.54 Å². The van der Waals surface area contributed by atoms with Crippen LogP contribution in [0.3, 0.4) is 0 Å². The van der Waals surface area contributed by atoms with Gasteiger partial charge in [0.1, 0.15) is 12.4 Å². The maximum atomic E-state index is 11.8. The zero-order valence-electron chi connectivity index (χ0n) is 17.4. The number of hydrazone groups is 1. The minimum Gasteiger partial charge on any atom is -0.489 e. The van der Waals surface area contributed by atoms with Gasteiger partial charge in [0, 0.05) is 6.54 Å². The number of benzene rings is 3. The molecule has 0 fully saturated rings. The van der Waals surface area contributed by atoms with Crippen molar-refractivity contribution in [1.82, 2.24) is 10.7 Å². The molecule has 2 amide bonds. The minimum absolute atomic E-state index is 0.379. The molecular formula is C25H25N3O3. The van der Waals surface area contributed by atoms with Crippen molar-refractivity contribution in [2.24, 2.45) is 5.10 Å². The van der Waals surface area contributed by atoms with Crippen LogP contribution < -0.4 is 15.5 Å². The van der Waals surface area contributed by atoms with Crippen molar-refractivity contribution in [1.29, 1.82) is 0 Å². The fourth-order valence-electron chi connectivity index (χ4n) is 2.76. The SMILES string of the molecule is Cc1ccc(COc2ccc(/C=N\NC(=O)C(=O)NCCc3ccccc3)cc2)cc1. The maximum absolute atomic E-state index is 11.8. The predicted octanol–water partition coefficient (Wildman–Crippen LogP) is 3.38. The van der Waals surface area contributed by atoms with E-state index in [1.807, 2.05) is 73.7 Å².